The lowest BCUT2D eigenvalue weighted by Gasteiger charge is -2.31. The Bertz CT molecular complexity index is 1050. The second-order valence-electron chi connectivity index (χ2n) is 8.66. The Balaban J connectivity index is 1.45. The number of carbonyl (C=O) groups excluding carboxylic acids is 2. The summed E-state index contributed by atoms with van der Waals surface area (Å²) in [6, 6.07) is 15.0. The number of aliphatic hydroxyl groups is 1. The van der Waals surface area contributed by atoms with Crippen LogP contribution in [0.2, 0.25) is 0 Å². The van der Waals surface area contributed by atoms with E-state index in [0.29, 0.717) is 11.4 Å². The quantitative estimate of drug-likeness (QED) is 0.559. The zero-order valence-corrected chi connectivity index (χ0v) is 18.7. The number of hydrogen-bond acceptors (Lipinski definition) is 5. The molecule has 1 aliphatic rings. The standard InChI is InChI=1S/C26H29N3O4/c1-18-2-12-23(13-3-18)29(26(32)21-6-4-19(15-30)5-7-21)14-25(31)28-22-10-8-20(9-11-22)24-16-33-17-27-24/h2-3,8-13,16-17,19,21,30H,4-7,14-15H2,1H3,(H,28,31). The van der Waals surface area contributed by atoms with E-state index in [4.69, 9.17) is 4.42 Å². The zero-order chi connectivity index (χ0) is 23.2. The van der Waals surface area contributed by atoms with Crippen molar-refractivity contribution in [3.8, 4) is 11.3 Å². The number of amides is 2. The van der Waals surface area contributed by atoms with Crippen LogP contribution in [-0.4, -0.2) is 35.1 Å². The van der Waals surface area contributed by atoms with E-state index in [1.165, 1.54) is 6.39 Å². The number of rotatable bonds is 7. The normalized spacial score (nSPS) is 18.0. The van der Waals surface area contributed by atoms with Gasteiger partial charge in [-0.1, -0.05) is 29.8 Å². The van der Waals surface area contributed by atoms with Crippen LogP contribution in [0.15, 0.2) is 65.6 Å². The highest BCUT2D eigenvalue weighted by Crippen LogP contribution is 2.31. The molecule has 0 radical (unpaired) electrons. The van der Waals surface area contributed by atoms with Crippen LogP contribution in [0.4, 0.5) is 11.4 Å². The Kier molecular flexibility index (Phi) is 7.19. The van der Waals surface area contributed by atoms with Gasteiger partial charge in [0.05, 0.1) is 0 Å². The monoisotopic (exact) mass is 447 g/mol. The highest BCUT2D eigenvalue weighted by atomic mass is 16.3. The summed E-state index contributed by atoms with van der Waals surface area (Å²) in [7, 11) is 0. The van der Waals surface area contributed by atoms with Crippen LogP contribution in [0, 0.1) is 18.8 Å². The van der Waals surface area contributed by atoms with Gasteiger partial charge in [-0.15, -0.1) is 0 Å². The lowest BCUT2D eigenvalue weighted by Crippen LogP contribution is -2.42. The SMILES string of the molecule is Cc1ccc(N(CC(=O)Nc2ccc(-c3cocn3)cc2)C(=O)C2CCC(CO)CC2)cc1. The molecule has 0 spiro atoms. The first-order valence-corrected chi connectivity index (χ1v) is 11.3. The number of aliphatic hydroxyl groups excluding tert-OH is 1. The summed E-state index contributed by atoms with van der Waals surface area (Å²) in [5, 5.41) is 12.3. The first-order chi connectivity index (χ1) is 16.0. The Morgan fingerprint density at radius 1 is 1.06 bits per heavy atom. The van der Waals surface area contributed by atoms with Crippen molar-refractivity contribution in [1.82, 2.24) is 4.98 Å². The van der Waals surface area contributed by atoms with Gasteiger partial charge in [0.1, 0.15) is 18.5 Å². The molecule has 1 heterocycles. The Morgan fingerprint density at radius 3 is 2.36 bits per heavy atom. The molecule has 0 unspecified atom stereocenters. The Morgan fingerprint density at radius 2 is 1.76 bits per heavy atom. The van der Waals surface area contributed by atoms with E-state index >= 15 is 0 Å². The van der Waals surface area contributed by atoms with Crippen LogP contribution in [0.3, 0.4) is 0 Å². The fraction of sp³-hybridized carbons (Fsp3) is 0.346. The van der Waals surface area contributed by atoms with Gasteiger partial charge in [-0.3, -0.25) is 9.59 Å². The maximum absolute atomic E-state index is 13.4. The molecule has 1 aromatic heterocycles. The van der Waals surface area contributed by atoms with Gasteiger partial charge >= 0.3 is 0 Å². The van der Waals surface area contributed by atoms with Crippen molar-refractivity contribution in [2.24, 2.45) is 11.8 Å². The average Bonchev–Trinajstić information content (AvgIpc) is 3.38. The first-order valence-electron chi connectivity index (χ1n) is 11.3. The van der Waals surface area contributed by atoms with E-state index in [0.717, 1.165) is 42.5 Å². The van der Waals surface area contributed by atoms with Crippen LogP contribution < -0.4 is 10.2 Å². The Labute approximate surface area is 193 Å². The van der Waals surface area contributed by atoms with Gasteiger partial charge in [0.2, 0.25) is 11.8 Å². The van der Waals surface area contributed by atoms with Crippen molar-refractivity contribution in [3.63, 3.8) is 0 Å². The lowest BCUT2D eigenvalue weighted by atomic mass is 9.81. The minimum absolute atomic E-state index is 0.0354. The van der Waals surface area contributed by atoms with Crippen molar-refractivity contribution >= 4 is 23.2 Å². The molecular formula is C26H29N3O4. The van der Waals surface area contributed by atoms with E-state index in [-0.39, 0.29) is 36.8 Å². The van der Waals surface area contributed by atoms with Crippen molar-refractivity contribution in [2.45, 2.75) is 32.6 Å². The van der Waals surface area contributed by atoms with Gasteiger partial charge in [-0.25, -0.2) is 4.98 Å². The number of hydrogen-bond donors (Lipinski definition) is 2. The van der Waals surface area contributed by atoms with Crippen LogP contribution in [0.5, 0.6) is 0 Å². The second kappa shape index (κ2) is 10.4. The summed E-state index contributed by atoms with van der Waals surface area (Å²) in [4.78, 5) is 32.0. The minimum Gasteiger partial charge on any atom is -0.451 e. The third kappa shape index (κ3) is 5.68. The van der Waals surface area contributed by atoms with Crippen LogP contribution in [0.25, 0.3) is 11.3 Å². The van der Waals surface area contributed by atoms with E-state index < -0.39 is 0 Å². The molecule has 7 heteroatoms. The number of carbonyl (C=O) groups is 2. The molecule has 33 heavy (non-hydrogen) atoms. The molecule has 2 N–H and O–H groups in total. The molecule has 0 bridgehead atoms. The predicted octanol–water partition coefficient (Wildman–Crippen LogP) is 4.42. The molecule has 2 aromatic carbocycles. The van der Waals surface area contributed by atoms with Crippen LogP contribution in [-0.2, 0) is 9.59 Å². The largest absolute Gasteiger partial charge is 0.451 e. The van der Waals surface area contributed by atoms with Crippen molar-refractivity contribution < 1.29 is 19.1 Å². The minimum atomic E-state index is -0.262. The highest BCUT2D eigenvalue weighted by molar-refractivity contribution is 6.03. The summed E-state index contributed by atoms with van der Waals surface area (Å²) in [6.45, 7) is 2.09. The number of nitrogens with zero attached hydrogens (tertiary/aromatic N) is 2. The van der Waals surface area contributed by atoms with E-state index in [1.54, 1.807) is 23.3 Å². The molecule has 0 atom stereocenters. The number of benzene rings is 2. The van der Waals surface area contributed by atoms with Crippen molar-refractivity contribution in [3.05, 3.63) is 66.8 Å². The molecule has 1 aliphatic carbocycles. The van der Waals surface area contributed by atoms with E-state index in [2.05, 4.69) is 10.3 Å². The first kappa shape index (κ1) is 22.7. The second-order valence-corrected chi connectivity index (χ2v) is 8.66. The molecular weight excluding hydrogens is 418 g/mol. The number of nitrogens with one attached hydrogen (secondary N) is 1. The molecule has 3 aromatic rings. The van der Waals surface area contributed by atoms with Gasteiger partial charge in [0.15, 0.2) is 6.39 Å². The molecule has 0 saturated heterocycles. The fourth-order valence-corrected chi connectivity index (χ4v) is 4.26. The lowest BCUT2D eigenvalue weighted by molar-refractivity contribution is -0.125. The zero-order valence-electron chi connectivity index (χ0n) is 18.7. The maximum Gasteiger partial charge on any atom is 0.244 e. The molecule has 1 saturated carbocycles. The van der Waals surface area contributed by atoms with Crippen molar-refractivity contribution in [2.75, 3.05) is 23.4 Å². The number of aryl methyl sites for hydroxylation is 1. The fourth-order valence-electron chi connectivity index (χ4n) is 4.26. The van der Waals surface area contributed by atoms with Gasteiger partial charge in [-0.05, 0) is 62.8 Å². The molecule has 7 nitrogen and oxygen atoms in total. The summed E-state index contributed by atoms with van der Waals surface area (Å²) in [5.41, 5.74) is 4.06. The van der Waals surface area contributed by atoms with Crippen LogP contribution >= 0.6 is 0 Å². The Hall–Kier alpha value is -3.45. The predicted molar refractivity (Wildman–Crippen MR) is 127 cm³/mol. The van der Waals surface area contributed by atoms with E-state index in [9.17, 15) is 14.7 Å². The highest BCUT2D eigenvalue weighted by Gasteiger charge is 2.31. The summed E-state index contributed by atoms with van der Waals surface area (Å²) in [6.07, 6.45) is 6.07. The average molecular weight is 448 g/mol. The molecule has 4 rings (SSSR count). The number of aromatic nitrogens is 1. The van der Waals surface area contributed by atoms with Gasteiger partial charge in [0.25, 0.3) is 0 Å². The van der Waals surface area contributed by atoms with Gasteiger partial charge in [-0.2, -0.15) is 0 Å². The summed E-state index contributed by atoms with van der Waals surface area (Å²) < 4.78 is 5.01. The maximum atomic E-state index is 13.4. The topological polar surface area (TPSA) is 95.7 Å². The molecule has 1 fully saturated rings. The van der Waals surface area contributed by atoms with E-state index in [1.807, 2.05) is 43.3 Å². The molecule has 0 aliphatic heterocycles. The smallest absolute Gasteiger partial charge is 0.244 e. The third-order valence-corrected chi connectivity index (χ3v) is 6.26. The van der Waals surface area contributed by atoms with Gasteiger partial charge in [0, 0.05) is 29.5 Å². The third-order valence-electron chi connectivity index (χ3n) is 6.26. The molecule has 172 valence electrons. The van der Waals surface area contributed by atoms with Crippen LogP contribution in [0.1, 0.15) is 31.2 Å². The van der Waals surface area contributed by atoms with Gasteiger partial charge < -0.3 is 19.7 Å². The molecule has 2 amide bonds. The summed E-state index contributed by atoms with van der Waals surface area (Å²) in [5.74, 6) is -0.164. The van der Waals surface area contributed by atoms with Crippen molar-refractivity contribution in [1.29, 1.82) is 0 Å². The number of oxazole rings is 1. The number of anilines is 2. The summed E-state index contributed by atoms with van der Waals surface area (Å²) >= 11 is 0.